The first kappa shape index (κ1) is 23.8. The highest BCUT2D eigenvalue weighted by molar-refractivity contribution is 7.92. The van der Waals surface area contributed by atoms with Crippen molar-refractivity contribution in [3.63, 3.8) is 0 Å². The van der Waals surface area contributed by atoms with Gasteiger partial charge in [0.05, 0.1) is 16.9 Å². The maximum atomic E-state index is 13.4. The summed E-state index contributed by atoms with van der Waals surface area (Å²) in [5, 5.41) is 9.37. The molecule has 170 valence electrons. The van der Waals surface area contributed by atoms with Crippen molar-refractivity contribution in [2.45, 2.75) is 23.5 Å². The Hall–Kier alpha value is -3.85. The number of hydrogen-bond donors (Lipinski definition) is 0. The third-order valence-electron chi connectivity index (χ3n) is 5.14. The monoisotopic (exact) mass is 467 g/mol. The second-order valence-corrected chi connectivity index (χ2v) is 9.50. The van der Waals surface area contributed by atoms with Crippen molar-refractivity contribution in [2.24, 2.45) is 0 Å². The number of carbonyl (C=O) groups excluding carboxylic acids is 2. The maximum absolute atomic E-state index is 13.4. The number of aryl methyl sites for hydroxylation is 1. The number of nitro benzene ring substituents is 1. The molecular weight excluding hydrogens is 446 g/mol. The third-order valence-corrected chi connectivity index (χ3v) is 7.20. The molecule has 0 aliphatic rings. The molecular formula is C24H21NO7S. The molecule has 0 amide bonds. The van der Waals surface area contributed by atoms with E-state index in [1.54, 1.807) is 31.2 Å². The van der Waals surface area contributed by atoms with E-state index in [-0.39, 0.29) is 21.7 Å². The predicted octanol–water partition coefficient (Wildman–Crippen LogP) is 4.21. The molecule has 0 saturated carbocycles. The van der Waals surface area contributed by atoms with Crippen LogP contribution in [0, 0.1) is 17.0 Å². The molecule has 0 heterocycles. The summed E-state index contributed by atoms with van der Waals surface area (Å²) in [5.41, 5.74) is 0.526. The average molecular weight is 467 g/mol. The van der Waals surface area contributed by atoms with E-state index in [0.29, 0.717) is 5.75 Å². The highest BCUT2D eigenvalue weighted by Crippen LogP contribution is 2.26. The summed E-state index contributed by atoms with van der Waals surface area (Å²) >= 11 is 0. The average Bonchev–Trinajstić information content (AvgIpc) is 2.82. The minimum Gasteiger partial charge on any atom is -0.497 e. The SMILES string of the molecule is COc1ccc(C(=O)C[C@H](C(=O)c2cccc([N+](=O)[O-])c2)S(=O)(=O)c2ccc(C)cc2)cc1. The van der Waals surface area contributed by atoms with Crippen LogP contribution in [0.4, 0.5) is 5.69 Å². The summed E-state index contributed by atoms with van der Waals surface area (Å²) in [5.74, 6) is -0.929. The molecule has 0 aliphatic heterocycles. The summed E-state index contributed by atoms with van der Waals surface area (Å²) < 4.78 is 31.9. The van der Waals surface area contributed by atoms with Gasteiger partial charge in [-0.1, -0.05) is 29.8 Å². The van der Waals surface area contributed by atoms with Gasteiger partial charge in [0.15, 0.2) is 21.4 Å². The summed E-state index contributed by atoms with van der Waals surface area (Å²) in [7, 11) is -2.81. The van der Waals surface area contributed by atoms with Crippen molar-refractivity contribution < 1.29 is 27.7 Å². The summed E-state index contributed by atoms with van der Waals surface area (Å²) in [6, 6.07) is 16.8. The molecule has 0 radical (unpaired) electrons. The van der Waals surface area contributed by atoms with Gasteiger partial charge in [0, 0.05) is 29.7 Å². The fourth-order valence-corrected chi connectivity index (χ4v) is 4.89. The van der Waals surface area contributed by atoms with Crippen LogP contribution in [0.25, 0.3) is 0 Å². The third kappa shape index (κ3) is 5.32. The lowest BCUT2D eigenvalue weighted by molar-refractivity contribution is -0.384. The topological polar surface area (TPSA) is 121 Å². The van der Waals surface area contributed by atoms with Gasteiger partial charge in [0.2, 0.25) is 0 Å². The normalized spacial score (nSPS) is 12.1. The molecule has 33 heavy (non-hydrogen) atoms. The lowest BCUT2D eigenvalue weighted by Gasteiger charge is -2.17. The van der Waals surface area contributed by atoms with Crippen LogP contribution in [0.1, 0.15) is 32.7 Å². The Morgan fingerprint density at radius 2 is 1.61 bits per heavy atom. The van der Waals surface area contributed by atoms with Crippen LogP contribution in [0.15, 0.2) is 77.7 Å². The van der Waals surface area contributed by atoms with Crippen molar-refractivity contribution in [3.05, 3.63) is 99.6 Å². The number of carbonyl (C=O) groups is 2. The molecule has 3 aromatic carbocycles. The van der Waals surface area contributed by atoms with E-state index in [2.05, 4.69) is 0 Å². The van der Waals surface area contributed by atoms with Gasteiger partial charge in [-0.3, -0.25) is 19.7 Å². The number of ketones is 2. The lowest BCUT2D eigenvalue weighted by Crippen LogP contribution is -2.33. The molecule has 0 aromatic heterocycles. The molecule has 0 unspecified atom stereocenters. The Balaban J connectivity index is 2.04. The maximum Gasteiger partial charge on any atom is 0.270 e. The molecule has 0 fully saturated rings. The zero-order valence-electron chi connectivity index (χ0n) is 17.9. The number of rotatable bonds is 9. The number of methoxy groups -OCH3 is 1. The van der Waals surface area contributed by atoms with Crippen LogP contribution in [-0.4, -0.2) is 37.3 Å². The number of Topliss-reactive ketones (excluding diaryl/α,β-unsaturated/α-hetero) is 2. The predicted molar refractivity (Wildman–Crippen MR) is 122 cm³/mol. The number of ether oxygens (including phenoxy) is 1. The van der Waals surface area contributed by atoms with Gasteiger partial charge in [-0.2, -0.15) is 0 Å². The highest BCUT2D eigenvalue weighted by Gasteiger charge is 2.37. The number of sulfone groups is 1. The molecule has 0 spiro atoms. The number of nitro groups is 1. The Kier molecular flexibility index (Phi) is 7.03. The largest absolute Gasteiger partial charge is 0.497 e. The number of benzene rings is 3. The number of nitrogens with zero attached hydrogens (tertiary/aromatic N) is 1. The van der Waals surface area contributed by atoms with E-state index in [1.165, 1.54) is 49.6 Å². The van der Waals surface area contributed by atoms with E-state index in [9.17, 15) is 28.1 Å². The van der Waals surface area contributed by atoms with Crippen LogP contribution in [0.2, 0.25) is 0 Å². The van der Waals surface area contributed by atoms with Gasteiger partial charge in [0.25, 0.3) is 5.69 Å². The Morgan fingerprint density at radius 3 is 2.18 bits per heavy atom. The molecule has 0 bridgehead atoms. The van der Waals surface area contributed by atoms with Gasteiger partial charge in [-0.05, 0) is 43.3 Å². The van der Waals surface area contributed by atoms with Crippen LogP contribution in [-0.2, 0) is 9.84 Å². The molecule has 3 aromatic rings. The van der Waals surface area contributed by atoms with Crippen molar-refractivity contribution >= 4 is 27.1 Å². The minimum atomic E-state index is -4.28. The van der Waals surface area contributed by atoms with Crippen LogP contribution >= 0.6 is 0 Å². The Labute approximate surface area is 190 Å². The van der Waals surface area contributed by atoms with Gasteiger partial charge in [-0.15, -0.1) is 0 Å². The Bertz CT molecular complexity index is 1300. The van der Waals surface area contributed by atoms with Crippen LogP contribution in [0.3, 0.4) is 0 Å². The fourth-order valence-electron chi connectivity index (χ4n) is 3.26. The highest BCUT2D eigenvalue weighted by atomic mass is 32.2. The van der Waals surface area contributed by atoms with Crippen molar-refractivity contribution in [1.82, 2.24) is 0 Å². The number of hydrogen-bond acceptors (Lipinski definition) is 7. The van der Waals surface area contributed by atoms with Gasteiger partial charge >= 0.3 is 0 Å². The lowest BCUT2D eigenvalue weighted by atomic mass is 10.0. The van der Waals surface area contributed by atoms with E-state index in [1.807, 2.05) is 0 Å². The minimum absolute atomic E-state index is 0.112. The molecule has 0 saturated heterocycles. The molecule has 0 N–H and O–H groups in total. The van der Waals surface area contributed by atoms with Crippen molar-refractivity contribution in [3.8, 4) is 5.75 Å². The zero-order valence-corrected chi connectivity index (χ0v) is 18.7. The first-order chi connectivity index (χ1) is 15.6. The summed E-state index contributed by atoms with van der Waals surface area (Å²) in [4.78, 5) is 36.6. The smallest absolute Gasteiger partial charge is 0.270 e. The zero-order chi connectivity index (χ0) is 24.2. The molecule has 3 rings (SSSR count). The van der Waals surface area contributed by atoms with Gasteiger partial charge in [-0.25, -0.2) is 8.42 Å². The van der Waals surface area contributed by atoms with E-state index < -0.39 is 38.0 Å². The number of non-ortho nitro benzene ring substituents is 1. The second kappa shape index (κ2) is 9.74. The first-order valence-corrected chi connectivity index (χ1v) is 11.4. The van der Waals surface area contributed by atoms with Gasteiger partial charge in [0.1, 0.15) is 11.0 Å². The molecule has 0 aliphatic carbocycles. The molecule has 1 atom stereocenters. The van der Waals surface area contributed by atoms with Gasteiger partial charge < -0.3 is 4.74 Å². The van der Waals surface area contributed by atoms with Crippen LogP contribution < -0.4 is 4.74 Å². The molecule has 9 heteroatoms. The van der Waals surface area contributed by atoms with E-state index in [0.717, 1.165) is 11.6 Å². The van der Waals surface area contributed by atoms with Crippen LogP contribution in [0.5, 0.6) is 5.75 Å². The Morgan fingerprint density at radius 1 is 0.970 bits per heavy atom. The fraction of sp³-hybridized carbons (Fsp3) is 0.167. The molecule has 8 nitrogen and oxygen atoms in total. The van der Waals surface area contributed by atoms with Crippen molar-refractivity contribution in [1.29, 1.82) is 0 Å². The first-order valence-electron chi connectivity index (χ1n) is 9.90. The quantitative estimate of drug-likeness (QED) is 0.262. The van der Waals surface area contributed by atoms with Crippen molar-refractivity contribution in [2.75, 3.05) is 7.11 Å². The standard InChI is InChI=1S/C24H21NO7S/c1-16-6-12-21(13-7-16)33(30,31)23(15-22(26)17-8-10-20(32-2)11-9-17)24(27)18-4-3-5-19(14-18)25(28)29/h3-14,23H,15H2,1-2H3/t23-/m1/s1. The van der Waals surface area contributed by atoms with E-state index >= 15 is 0 Å². The summed E-state index contributed by atoms with van der Waals surface area (Å²) in [6.45, 7) is 1.79. The van der Waals surface area contributed by atoms with E-state index in [4.69, 9.17) is 4.74 Å². The second-order valence-electron chi connectivity index (χ2n) is 7.37. The summed E-state index contributed by atoms with van der Waals surface area (Å²) in [6.07, 6.45) is -0.621.